The van der Waals surface area contributed by atoms with Gasteiger partial charge in [-0.05, 0) is 37.3 Å². The van der Waals surface area contributed by atoms with Gasteiger partial charge in [0.15, 0.2) is 0 Å². The molecule has 0 radical (unpaired) electrons. The Balaban J connectivity index is 1.52. The van der Waals surface area contributed by atoms with Crippen LogP contribution in [0.15, 0.2) is 24.5 Å². The second-order valence-electron chi connectivity index (χ2n) is 6.74. The summed E-state index contributed by atoms with van der Waals surface area (Å²) in [6, 6.07) is 6.90. The highest BCUT2D eigenvalue weighted by Gasteiger charge is 2.39. The number of hydrogen-bond donors (Lipinski definition) is 2. The van der Waals surface area contributed by atoms with Crippen molar-refractivity contribution >= 4 is 21.9 Å². The van der Waals surface area contributed by atoms with Crippen molar-refractivity contribution in [1.29, 1.82) is 5.26 Å². The van der Waals surface area contributed by atoms with Crippen molar-refractivity contribution in [3.05, 3.63) is 30.2 Å². The number of nitriles is 1. The first-order valence-corrected chi connectivity index (χ1v) is 8.37. The number of rotatable bonds is 3. The predicted octanol–water partition coefficient (Wildman–Crippen LogP) is 2.50. The summed E-state index contributed by atoms with van der Waals surface area (Å²) in [5.41, 5.74) is 2.03. The molecule has 0 spiro atoms. The number of aromatic amines is 1. The van der Waals surface area contributed by atoms with E-state index >= 15 is 0 Å². The maximum absolute atomic E-state index is 9.11. The first-order valence-electron chi connectivity index (χ1n) is 8.37. The molecule has 5 rings (SSSR count). The van der Waals surface area contributed by atoms with Crippen LogP contribution in [0.25, 0.3) is 21.9 Å². The van der Waals surface area contributed by atoms with E-state index in [1.807, 2.05) is 6.07 Å². The van der Waals surface area contributed by atoms with E-state index in [4.69, 9.17) is 10.00 Å². The summed E-state index contributed by atoms with van der Waals surface area (Å²) < 4.78 is 6.17. The van der Waals surface area contributed by atoms with Gasteiger partial charge < -0.3 is 15.0 Å². The lowest BCUT2D eigenvalue weighted by molar-refractivity contribution is 0.231. The van der Waals surface area contributed by atoms with Gasteiger partial charge in [-0.15, -0.1) is 0 Å². The van der Waals surface area contributed by atoms with E-state index in [1.165, 1.54) is 19.3 Å². The fourth-order valence-corrected chi connectivity index (χ4v) is 4.21. The average Bonchev–Trinajstić information content (AvgIpc) is 3.32. The summed E-state index contributed by atoms with van der Waals surface area (Å²) in [5, 5.41) is 14.6. The maximum atomic E-state index is 9.11. The summed E-state index contributed by atoms with van der Waals surface area (Å²) in [4.78, 5) is 11.8. The predicted molar refractivity (Wildman–Crippen MR) is 89.7 cm³/mol. The number of nitrogens with one attached hydrogen (secondary N) is 2. The van der Waals surface area contributed by atoms with Crippen molar-refractivity contribution in [2.45, 2.75) is 31.3 Å². The molecule has 0 unspecified atom stereocenters. The van der Waals surface area contributed by atoms with Crippen molar-refractivity contribution in [3.8, 4) is 11.8 Å². The van der Waals surface area contributed by atoms with E-state index in [-0.39, 0.29) is 0 Å². The Bertz CT molecular complexity index is 973. The van der Waals surface area contributed by atoms with Crippen molar-refractivity contribution < 1.29 is 4.74 Å². The molecule has 2 aliphatic rings. The van der Waals surface area contributed by atoms with E-state index in [9.17, 15) is 0 Å². The summed E-state index contributed by atoms with van der Waals surface area (Å²) in [6.45, 7) is 0.670. The minimum absolute atomic E-state index is 0.396. The molecule has 1 aliphatic carbocycles. The monoisotopic (exact) mass is 319 g/mol. The van der Waals surface area contributed by atoms with Crippen LogP contribution in [0.2, 0.25) is 0 Å². The number of piperidine rings is 1. The van der Waals surface area contributed by atoms with Crippen LogP contribution < -0.4 is 10.1 Å². The van der Waals surface area contributed by atoms with Gasteiger partial charge in [0.2, 0.25) is 0 Å². The fourth-order valence-electron chi connectivity index (χ4n) is 4.21. The van der Waals surface area contributed by atoms with E-state index in [2.05, 4.69) is 26.3 Å². The molecule has 0 amide bonds. The molecule has 3 aromatic rings. The molecule has 1 aliphatic heterocycles. The zero-order valence-electron chi connectivity index (χ0n) is 13.1. The van der Waals surface area contributed by atoms with Gasteiger partial charge in [0.05, 0.1) is 17.1 Å². The number of fused-ring (bicyclic) bond motifs is 5. The largest absolute Gasteiger partial charge is 0.491 e. The van der Waals surface area contributed by atoms with Crippen LogP contribution in [-0.4, -0.2) is 33.6 Å². The molecule has 2 fully saturated rings. The molecular weight excluding hydrogens is 302 g/mol. The molecular formula is C18H17N5O. The molecule has 1 saturated carbocycles. The van der Waals surface area contributed by atoms with Gasteiger partial charge in [-0.25, -0.2) is 9.97 Å². The SMILES string of the molecule is N#Cc1cc2c(cn1)[nH]c1nccc(OC[C@H]3N[C@@H]4CC[C@@H]3C4)c12. The molecule has 0 aromatic carbocycles. The second-order valence-corrected chi connectivity index (χ2v) is 6.74. The number of H-pyrrole nitrogens is 1. The van der Waals surface area contributed by atoms with Gasteiger partial charge >= 0.3 is 0 Å². The average molecular weight is 319 g/mol. The fraction of sp³-hybridized carbons (Fsp3) is 0.389. The molecule has 3 atom stereocenters. The van der Waals surface area contributed by atoms with Gasteiger partial charge in [0, 0.05) is 23.7 Å². The smallest absolute Gasteiger partial charge is 0.142 e. The minimum Gasteiger partial charge on any atom is -0.491 e. The van der Waals surface area contributed by atoms with Crippen LogP contribution in [0, 0.1) is 17.2 Å². The third-order valence-electron chi connectivity index (χ3n) is 5.36. The highest BCUT2D eigenvalue weighted by molar-refractivity contribution is 6.09. The molecule has 24 heavy (non-hydrogen) atoms. The van der Waals surface area contributed by atoms with Crippen LogP contribution in [0.1, 0.15) is 25.0 Å². The van der Waals surface area contributed by atoms with E-state index in [0.717, 1.165) is 33.6 Å². The lowest BCUT2D eigenvalue weighted by Crippen LogP contribution is -2.39. The van der Waals surface area contributed by atoms with Gasteiger partial charge in [0.25, 0.3) is 0 Å². The lowest BCUT2D eigenvalue weighted by Gasteiger charge is -2.23. The highest BCUT2D eigenvalue weighted by Crippen LogP contribution is 2.36. The minimum atomic E-state index is 0.396. The number of ether oxygens (including phenoxy) is 1. The Morgan fingerprint density at radius 1 is 1.33 bits per heavy atom. The first kappa shape index (κ1) is 13.8. The van der Waals surface area contributed by atoms with Crippen LogP contribution in [0.4, 0.5) is 0 Å². The first-order chi connectivity index (χ1) is 11.8. The number of nitrogens with zero attached hydrogens (tertiary/aromatic N) is 3. The van der Waals surface area contributed by atoms with Gasteiger partial charge in [-0.3, -0.25) is 0 Å². The molecule has 120 valence electrons. The van der Waals surface area contributed by atoms with Crippen molar-refractivity contribution in [3.63, 3.8) is 0 Å². The third-order valence-corrected chi connectivity index (χ3v) is 5.36. The number of pyridine rings is 2. The molecule has 1 saturated heterocycles. The van der Waals surface area contributed by atoms with Crippen LogP contribution in [-0.2, 0) is 0 Å². The Kier molecular flexibility index (Phi) is 2.97. The van der Waals surface area contributed by atoms with Crippen molar-refractivity contribution in [2.75, 3.05) is 6.61 Å². The quantitative estimate of drug-likeness (QED) is 0.774. The zero-order valence-corrected chi connectivity index (χ0v) is 13.1. The molecule has 3 aromatic heterocycles. The summed E-state index contributed by atoms with van der Waals surface area (Å²) in [7, 11) is 0. The van der Waals surface area contributed by atoms with E-state index in [1.54, 1.807) is 18.5 Å². The van der Waals surface area contributed by atoms with Gasteiger partial charge in [0.1, 0.15) is 29.8 Å². The summed E-state index contributed by atoms with van der Waals surface area (Å²) in [6.07, 6.45) is 7.32. The standard InChI is InChI=1S/C18H17N5O/c19-7-12-6-13-14(8-21-12)23-18-17(13)16(3-4-20-18)24-9-15-10-1-2-11(5-10)22-15/h3-4,6,8,10-11,15,22H,1-2,5,9H2,(H,20,23)/t10-,11-,15-/m1/s1. The molecule has 6 heteroatoms. The van der Waals surface area contributed by atoms with Crippen LogP contribution in [0.3, 0.4) is 0 Å². The highest BCUT2D eigenvalue weighted by atomic mass is 16.5. The van der Waals surface area contributed by atoms with Crippen molar-refractivity contribution in [2.24, 2.45) is 5.92 Å². The third kappa shape index (κ3) is 2.05. The van der Waals surface area contributed by atoms with Crippen LogP contribution in [0.5, 0.6) is 5.75 Å². The Morgan fingerprint density at radius 3 is 3.08 bits per heavy atom. The zero-order chi connectivity index (χ0) is 16.1. The van der Waals surface area contributed by atoms with Gasteiger partial charge in [-0.2, -0.15) is 5.26 Å². The van der Waals surface area contributed by atoms with Gasteiger partial charge in [-0.1, -0.05) is 0 Å². The molecule has 6 nitrogen and oxygen atoms in total. The van der Waals surface area contributed by atoms with Crippen LogP contribution >= 0.6 is 0 Å². The van der Waals surface area contributed by atoms with E-state index in [0.29, 0.717) is 24.4 Å². The Morgan fingerprint density at radius 2 is 2.29 bits per heavy atom. The molecule has 2 bridgehead atoms. The topological polar surface area (TPSA) is 86.6 Å². The number of aromatic nitrogens is 3. The maximum Gasteiger partial charge on any atom is 0.142 e. The number of hydrogen-bond acceptors (Lipinski definition) is 5. The normalized spacial score (nSPS) is 25.4. The summed E-state index contributed by atoms with van der Waals surface area (Å²) >= 11 is 0. The molecule has 2 N–H and O–H groups in total. The lowest BCUT2D eigenvalue weighted by atomic mass is 10.0. The Labute approximate surface area is 138 Å². The van der Waals surface area contributed by atoms with E-state index < -0.39 is 0 Å². The van der Waals surface area contributed by atoms with Crippen molar-refractivity contribution in [1.82, 2.24) is 20.3 Å². The second kappa shape index (κ2) is 5.18. The summed E-state index contributed by atoms with van der Waals surface area (Å²) in [5.74, 6) is 1.55. The molecule has 4 heterocycles. The Hall–Kier alpha value is -2.65.